The number of pyridine rings is 1. The zero-order valence-corrected chi connectivity index (χ0v) is 16.5. The molecule has 5 rings (SSSR count). The normalized spacial score (nSPS) is 16.8. The minimum atomic E-state index is -0.427. The fraction of sp³-hybridized carbons (Fsp3) is 0.238. The lowest BCUT2D eigenvalue weighted by atomic mass is 10.2. The zero-order chi connectivity index (χ0) is 20.0. The van der Waals surface area contributed by atoms with Crippen molar-refractivity contribution in [3.05, 3.63) is 53.4 Å². The molecule has 0 aliphatic carbocycles. The molecule has 1 amide bonds. The maximum atomic E-state index is 14.8. The van der Waals surface area contributed by atoms with E-state index in [1.807, 2.05) is 0 Å². The van der Waals surface area contributed by atoms with E-state index < -0.39 is 5.82 Å². The maximum absolute atomic E-state index is 14.8. The van der Waals surface area contributed by atoms with Gasteiger partial charge in [-0.05, 0) is 30.7 Å². The van der Waals surface area contributed by atoms with Gasteiger partial charge in [-0.3, -0.25) is 9.78 Å². The van der Waals surface area contributed by atoms with Crippen molar-refractivity contribution in [2.24, 2.45) is 0 Å². The molecule has 0 spiro atoms. The van der Waals surface area contributed by atoms with Gasteiger partial charge in [-0.25, -0.2) is 4.39 Å². The fourth-order valence-electron chi connectivity index (χ4n) is 3.64. The van der Waals surface area contributed by atoms with Gasteiger partial charge < -0.3 is 19.4 Å². The maximum Gasteiger partial charge on any atom is 0.264 e. The summed E-state index contributed by atoms with van der Waals surface area (Å²) >= 11 is 1.31. The lowest BCUT2D eigenvalue weighted by Gasteiger charge is -2.14. The molecule has 1 atom stereocenters. The summed E-state index contributed by atoms with van der Waals surface area (Å²) in [4.78, 5) is 22.6. The second kappa shape index (κ2) is 7.13. The van der Waals surface area contributed by atoms with E-state index in [0.717, 1.165) is 6.42 Å². The summed E-state index contributed by atoms with van der Waals surface area (Å²) in [5.41, 5.74) is 1.36. The molecule has 1 N–H and O–H groups in total. The van der Waals surface area contributed by atoms with Crippen LogP contribution in [0.5, 0.6) is 11.5 Å². The molecule has 0 bridgehead atoms. The van der Waals surface area contributed by atoms with Gasteiger partial charge in [0.25, 0.3) is 5.91 Å². The molecule has 6 nitrogen and oxygen atoms in total. The van der Waals surface area contributed by atoms with Gasteiger partial charge in [0.05, 0.1) is 21.2 Å². The predicted octanol–water partition coefficient (Wildman–Crippen LogP) is 4.57. The van der Waals surface area contributed by atoms with Crippen molar-refractivity contribution < 1.29 is 18.7 Å². The van der Waals surface area contributed by atoms with E-state index in [4.69, 9.17) is 9.47 Å². The Morgan fingerprint density at radius 2 is 2.21 bits per heavy atom. The van der Waals surface area contributed by atoms with E-state index in [1.165, 1.54) is 11.3 Å². The first kappa shape index (κ1) is 18.1. The number of aromatic nitrogens is 2. The molecule has 0 saturated carbocycles. The van der Waals surface area contributed by atoms with Gasteiger partial charge in [-0.15, -0.1) is 11.3 Å². The number of likely N-dealkylation sites (tertiary alicyclic amines) is 1. The van der Waals surface area contributed by atoms with Gasteiger partial charge >= 0.3 is 0 Å². The molecule has 29 heavy (non-hydrogen) atoms. The third-order valence-electron chi connectivity index (χ3n) is 5.21. The molecule has 4 aromatic rings. The number of methoxy groups -OCH3 is 1. The number of H-pyrrole nitrogens is 1. The zero-order valence-electron chi connectivity index (χ0n) is 15.6. The smallest absolute Gasteiger partial charge is 0.264 e. The van der Waals surface area contributed by atoms with Crippen LogP contribution in [-0.4, -0.2) is 47.1 Å². The average Bonchev–Trinajstić information content (AvgIpc) is 3.48. The van der Waals surface area contributed by atoms with Crippen LogP contribution in [0, 0.1) is 5.82 Å². The molecule has 1 saturated heterocycles. The summed E-state index contributed by atoms with van der Waals surface area (Å²) in [7, 11) is 1.66. The monoisotopic (exact) mass is 411 g/mol. The number of amides is 1. The van der Waals surface area contributed by atoms with Crippen LogP contribution in [0.4, 0.5) is 4.39 Å². The Labute approximate surface area is 169 Å². The summed E-state index contributed by atoms with van der Waals surface area (Å²) in [6, 6.07) is 8.49. The molecule has 3 aromatic heterocycles. The number of thiophene rings is 1. The number of nitrogens with zero attached hydrogens (tertiary/aromatic N) is 2. The summed E-state index contributed by atoms with van der Waals surface area (Å²) < 4.78 is 26.7. The minimum Gasteiger partial charge on any atom is -0.453 e. The van der Waals surface area contributed by atoms with Gasteiger partial charge in [-0.1, -0.05) is 0 Å². The molecule has 1 aliphatic rings. The Bertz CT molecular complexity index is 1220. The van der Waals surface area contributed by atoms with Crippen molar-refractivity contribution in [3.8, 4) is 11.5 Å². The largest absolute Gasteiger partial charge is 0.453 e. The van der Waals surface area contributed by atoms with E-state index >= 15 is 0 Å². The third-order valence-corrected chi connectivity index (χ3v) is 6.33. The van der Waals surface area contributed by atoms with Crippen molar-refractivity contribution in [1.82, 2.24) is 14.9 Å². The molecule has 1 aliphatic heterocycles. The number of fused-ring (bicyclic) bond motifs is 2. The van der Waals surface area contributed by atoms with Gasteiger partial charge in [0.2, 0.25) is 0 Å². The minimum absolute atomic E-state index is 0.0431. The molecule has 1 aromatic carbocycles. The third kappa shape index (κ3) is 3.14. The molecular weight excluding hydrogens is 393 g/mol. The van der Waals surface area contributed by atoms with Gasteiger partial charge in [0.15, 0.2) is 11.6 Å². The number of aromatic amines is 1. The first-order valence-electron chi connectivity index (χ1n) is 9.28. The fourth-order valence-corrected chi connectivity index (χ4v) is 4.67. The highest BCUT2D eigenvalue weighted by molar-refractivity contribution is 7.21. The molecule has 4 heterocycles. The van der Waals surface area contributed by atoms with Gasteiger partial charge in [-0.2, -0.15) is 0 Å². The van der Waals surface area contributed by atoms with Crippen LogP contribution in [0.1, 0.15) is 16.1 Å². The second-order valence-corrected chi connectivity index (χ2v) is 8.00. The van der Waals surface area contributed by atoms with Crippen LogP contribution in [0.3, 0.4) is 0 Å². The number of hydrogen-bond acceptors (Lipinski definition) is 5. The highest BCUT2D eigenvalue weighted by atomic mass is 32.1. The van der Waals surface area contributed by atoms with Crippen LogP contribution in [-0.2, 0) is 4.74 Å². The van der Waals surface area contributed by atoms with Crippen LogP contribution in [0.2, 0.25) is 0 Å². The molecule has 0 radical (unpaired) electrons. The number of nitrogens with one attached hydrogen (secondary N) is 1. The Hall–Kier alpha value is -2.97. The number of rotatable bonds is 4. The van der Waals surface area contributed by atoms with Crippen molar-refractivity contribution in [3.63, 3.8) is 0 Å². The summed E-state index contributed by atoms with van der Waals surface area (Å²) in [5, 5.41) is 0.469. The number of hydrogen-bond donors (Lipinski definition) is 1. The van der Waals surface area contributed by atoms with Crippen molar-refractivity contribution >= 4 is 38.4 Å². The summed E-state index contributed by atoms with van der Waals surface area (Å²) in [6.45, 7) is 1.26. The first-order valence-corrected chi connectivity index (χ1v) is 10.1. The first-order chi connectivity index (χ1) is 14.1. The van der Waals surface area contributed by atoms with E-state index in [-0.39, 0.29) is 17.8 Å². The summed E-state index contributed by atoms with van der Waals surface area (Å²) in [6.07, 6.45) is 4.20. The Morgan fingerprint density at radius 3 is 3.03 bits per heavy atom. The van der Waals surface area contributed by atoms with E-state index in [0.29, 0.717) is 44.8 Å². The van der Waals surface area contributed by atoms with Crippen LogP contribution in [0.15, 0.2) is 42.7 Å². The van der Waals surface area contributed by atoms with E-state index in [9.17, 15) is 9.18 Å². The Kier molecular flexibility index (Phi) is 4.44. The highest BCUT2D eigenvalue weighted by Crippen LogP contribution is 2.37. The predicted molar refractivity (Wildman–Crippen MR) is 109 cm³/mol. The number of ether oxygens (including phenoxy) is 2. The SMILES string of the molecule is CO[C@H]1CCN(C(=O)c2cc3nccc(Oc4ccc5[nH]ccc5c4F)c3s2)C1. The van der Waals surface area contributed by atoms with Crippen molar-refractivity contribution in [2.75, 3.05) is 20.2 Å². The van der Waals surface area contributed by atoms with Crippen molar-refractivity contribution in [1.29, 1.82) is 0 Å². The molecule has 148 valence electrons. The summed E-state index contributed by atoms with van der Waals surface area (Å²) in [5.74, 6) is 0.139. The van der Waals surface area contributed by atoms with Gasteiger partial charge in [0.1, 0.15) is 5.75 Å². The van der Waals surface area contributed by atoms with Crippen LogP contribution >= 0.6 is 11.3 Å². The Balaban J connectivity index is 1.47. The average molecular weight is 411 g/mol. The van der Waals surface area contributed by atoms with E-state index in [1.54, 1.807) is 54.7 Å². The molecule has 8 heteroatoms. The van der Waals surface area contributed by atoms with E-state index in [2.05, 4.69) is 9.97 Å². The van der Waals surface area contributed by atoms with Gasteiger partial charge in [0, 0.05) is 49.6 Å². The highest BCUT2D eigenvalue weighted by Gasteiger charge is 2.28. The second-order valence-electron chi connectivity index (χ2n) is 6.95. The number of carbonyl (C=O) groups is 1. The van der Waals surface area contributed by atoms with Crippen LogP contribution < -0.4 is 4.74 Å². The molecule has 1 fully saturated rings. The standard InChI is InChI=1S/C21H18FN3O3S/c1-27-12-6-9-25(11-12)21(26)18-10-15-20(29-18)17(5-8-24-15)28-16-3-2-14-13(19(16)22)4-7-23-14/h2-5,7-8,10,12,23H,6,9,11H2,1H3/t12-/m0/s1. The number of benzene rings is 1. The Morgan fingerprint density at radius 1 is 1.31 bits per heavy atom. The molecular formula is C21H18FN3O3S. The number of halogens is 1. The lowest BCUT2D eigenvalue weighted by molar-refractivity contribution is 0.0728. The number of carbonyl (C=O) groups excluding carboxylic acids is 1. The quantitative estimate of drug-likeness (QED) is 0.534. The van der Waals surface area contributed by atoms with Crippen molar-refractivity contribution in [2.45, 2.75) is 12.5 Å². The lowest BCUT2D eigenvalue weighted by Crippen LogP contribution is -2.29. The molecule has 0 unspecified atom stereocenters. The van der Waals surface area contributed by atoms with Crippen LogP contribution in [0.25, 0.3) is 21.1 Å². The topological polar surface area (TPSA) is 67.4 Å².